The number of benzene rings is 1. The summed E-state index contributed by atoms with van der Waals surface area (Å²) in [5, 5.41) is 1.20. The van der Waals surface area contributed by atoms with Gasteiger partial charge in [0, 0.05) is 5.92 Å². The summed E-state index contributed by atoms with van der Waals surface area (Å²) >= 11 is -0.440. The highest BCUT2D eigenvalue weighted by molar-refractivity contribution is 8.04. The Morgan fingerprint density at radius 1 is 0.722 bits per heavy atom. The van der Waals surface area contributed by atoms with Crippen LogP contribution in [0.5, 0.6) is 0 Å². The molecule has 0 aliphatic heterocycles. The van der Waals surface area contributed by atoms with Crippen molar-refractivity contribution in [3.63, 3.8) is 0 Å². The molecule has 0 unspecified atom stereocenters. The molecule has 9 heteroatoms. The molecule has 0 nitrogen and oxygen atoms in total. The summed E-state index contributed by atoms with van der Waals surface area (Å²) in [6.07, 6.45) is -4.93. The van der Waals surface area contributed by atoms with Gasteiger partial charge >= 0.3 is 6.18 Å². The molecule has 0 N–H and O–H groups in total. The standard InChI is InChI=1S/C9F8S/c10-3-4(11)6(13)8(7(14)5(3)12)18-2-1-9(15,16)17. The summed E-state index contributed by atoms with van der Waals surface area (Å²) in [6.45, 7) is 0. The molecule has 0 heterocycles. The van der Waals surface area contributed by atoms with Crippen molar-refractivity contribution < 1.29 is 35.1 Å². The number of rotatable bonds is 1. The fourth-order valence-electron chi connectivity index (χ4n) is 0.809. The van der Waals surface area contributed by atoms with Gasteiger partial charge in [-0.15, -0.1) is 0 Å². The molecule has 18 heavy (non-hydrogen) atoms. The van der Waals surface area contributed by atoms with Crippen LogP contribution in [0.15, 0.2) is 4.90 Å². The van der Waals surface area contributed by atoms with Crippen LogP contribution in [0.4, 0.5) is 35.1 Å². The second-order valence-electron chi connectivity index (χ2n) is 2.73. The Labute approximate surface area is 99.0 Å². The van der Waals surface area contributed by atoms with Gasteiger partial charge in [0.25, 0.3) is 0 Å². The maximum atomic E-state index is 12.9. The lowest BCUT2D eigenvalue weighted by molar-refractivity contribution is -0.0695. The van der Waals surface area contributed by atoms with Crippen LogP contribution < -0.4 is 0 Å². The summed E-state index contributed by atoms with van der Waals surface area (Å²) in [5.74, 6) is -10.7. The quantitative estimate of drug-likeness (QED) is 0.248. The molecule has 98 valence electrons. The Kier molecular flexibility index (Phi) is 4.11. The van der Waals surface area contributed by atoms with Crippen molar-refractivity contribution in [2.75, 3.05) is 0 Å². The van der Waals surface area contributed by atoms with Crippen LogP contribution in [0.2, 0.25) is 0 Å². The second kappa shape index (κ2) is 5.06. The number of hydrogen-bond acceptors (Lipinski definition) is 1. The van der Waals surface area contributed by atoms with Crippen LogP contribution in [0.1, 0.15) is 0 Å². The molecule has 1 aromatic carbocycles. The van der Waals surface area contributed by atoms with Gasteiger partial charge in [0.1, 0.15) is 0 Å². The van der Waals surface area contributed by atoms with Gasteiger partial charge in [0.2, 0.25) is 5.82 Å². The zero-order valence-electron chi connectivity index (χ0n) is 7.93. The lowest BCUT2D eigenvalue weighted by atomic mass is 10.3. The van der Waals surface area contributed by atoms with Crippen molar-refractivity contribution >= 4 is 11.8 Å². The fraction of sp³-hybridized carbons (Fsp3) is 0.111. The normalized spacial score (nSPS) is 11.1. The Balaban J connectivity index is 3.22. The van der Waals surface area contributed by atoms with Gasteiger partial charge in [-0.1, -0.05) is 0 Å². The summed E-state index contributed by atoms with van der Waals surface area (Å²) < 4.78 is 98.5. The van der Waals surface area contributed by atoms with Gasteiger partial charge in [0.15, 0.2) is 23.3 Å². The van der Waals surface area contributed by atoms with Crippen LogP contribution in [0.3, 0.4) is 0 Å². The van der Waals surface area contributed by atoms with E-state index < -0.39 is 51.9 Å². The van der Waals surface area contributed by atoms with E-state index in [4.69, 9.17) is 0 Å². The van der Waals surface area contributed by atoms with Gasteiger partial charge in [0.05, 0.1) is 4.90 Å². The predicted molar refractivity (Wildman–Crippen MR) is 45.9 cm³/mol. The molecule has 1 aromatic rings. The molecule has 0 aromatic heterocycles. The van der Waals surface area contributed by atoms with Gasteiger partial charge in [-0.2, -0.15) is 13.2 Å². The molecular formula is C9F8S. The maximum Gasteiger partial charge on any atom is 0.458 e. The molecule has 0 spiro atoms. The van der Waals surface area contributed by atoms with Crippen LogP contribution >= 0.6 is 11.8 Å². The minimum atomic E-state index is -4.93. The number of alkyl halides is 3. The third-order valence-electron chi connectivity index (χ3n) is 1.52. The van der Waals surface area contributed by atoms with E-state index in [1.54, 1.807) is 0 Å². The highest BCUT2D eigenvalue weighted by Gasteiger charge is 2.27. The van der Waals surface area contributed by atoms with Crippen LogP contribution in [-0.2, 0) is 0 Å². The third-order valence-corrected chi connectivity index (χ3v) is 2.28. The van der Waals surface area contributed by atoms with Crippen molar-refractivity contribution in [1.82, 2.24) is 0 Å². The lowest BCUT2D eigenvalue weighted by Gasteiger charge is -2.04. The van der Waals surface area contributed by atoms with Crippen molar-refractivity contribution in [2.24, 2.45) is 0 Å². The third kappa shape index (κ3) is 3.07. The van der Waals surface area contributed by atoms with E-state index >= 15 is 0 Å². The number of halogens is 8. The van der Waals surface area contributed by atoms with Gasteiger partial charge < -0.3 is 0 Å². The number of thioether (sulfide) groups is 1. The Hall–Kier alpha value is -1.43. The summed E-state index contributed by atoms with van der Waals surface area (Å²) in [7, 11) is 0. The molecule has 1 rings (SSSR count). The Morgan fingerprint density at radius 3 is 1.50 bits per heavy atom. The van der Waals surface area contributed by atoms with Crippen LogP contribution in [-0.4, -0.2) is 6.18 Å². The first-order valence-corrected chi connectivity index (χ1v) is 4.74. The average Bonchev–Trinajstić information content (AvgIpc) is 2.27. The van der Waals surface area contributed by atoms with E-state index in [1.165, 1.54) is 5.25 Å². The lowest BCUT2D eigenvalue weighted by Crippen LogP contribution is -2.03. The average molecular weight is 292 g/mol. The molecular weight excluding hydrogens is 292 g/mol. The van der Waals surface area contributed by atoms with E-state index in [2.05, 4.69) is 0 Å². The SMILES string of the molecule is Fc1c(F)c(F)c(SC#CC(F)(F)F)c(F)c1F. The molecule has 0 bridgehead atoms. The monoisotopic (exact) mass is 292 g/mol. The summed E-state index contributed by atoms with van der Waals surface area (Å²) in [5.41, 5.74) is 0. The summed E-state index contributed by atoms with van der Waals surface area (Å²) in [4.78, 5) is -1.48. The Bertz CT molecular complexity index is 507. The van der Waals surface area contributed by atoms with Crippen molar-refractivity contribution in [3.05, 3.63) is 29.1 Å². The first-order chi connectivity index (χ1) is 8.15. The number of hydrogen-bond donors (Lipinski definition) is 0. The van der Waals surface area contributed by atoms with Crippen molar-refractivity contribution in [1.29, 1.82) is 0 Å². The Morgan fingerprint density at radius 2 is 1.11 bits per heavy atom. The highest BCUT2D eigenvalue weighted by atomic mass is 32.2. The van der Waals surface area contributed by atoms with Gasteiger partial charge in [-0.05, 0) is 17.0 Å². The molecule has 0 saturated heterocycles. The predicted octanol–water partition coefficient (Wildman–Crippen LogP) is 4.00. The highest BCUT2D eigenvalue weighted by Crippen LogP contribution is 2.30. The van der Waals surface area contributed by atoms with Gasteiger partial charge in [-0.3, -0.25) is 0 Å². The topological polar surface area (TPSA) is 0 Å². The maximum absolute atomic E-state index is 12.9. The largest absolute Gasteiger partial charge is 0.458 e. The molecule has 0 amide bonds. The second-order valence-corrected chi connectivity index (χ2v) is 3.54. The minimum absolute atomic E-state index is 0.440. The molecule has 0 aliphatic rings. The van der Waals surface area contributed by atoms with Crippen LogP contribution in [0.25, 0.3) is 0 Å². The van der Waals surface area contributed by atoms with E-state index in [0.29, 0.717) is 5.92 Å². The van der Waals surface area contributed by atoms with E-state index in [-0.39, 0.29) is 0 Å². The summed E-state index contributed by atoms with van der Waals surface area (Å²) in [6, 6.07) is 0. The molecule has 0 aliphatic carbocycles. The smallest absolute Gasteiger partial charge is 0.202 e. The first kappa shape index (κ1) is 14.6. The van der Waals surface area contributed by atoms with Crippen LogP contribution in [0, 0.1) is 40.3 Å². The van der Waals surface area contributed by atoms with E-state index in [1.807, 2.05) is 0 Å². The molecule has 0 fully saturated rings. The van der Waals surface area contributed by atoms with E-state index in [9.17, 15) is 35.1 Å². The molecule has 0 radical (unpaired) electrons. The fourth-order valence-corrected chi connectivity index (χ4v) is 1.44. The molecule has 0 saturated carbocycles. The minimum Gasteiger partial charge on any atom is -0.202 e. The molecule has 0 atom stereocenters. The zero-order chi connectivity index (χ0) is 14.1. The van der Waals surface area contributed by atoms with E-state index in [0.717, 1.165) is 0 Å². The van der Waals surface area contributed by atoms with Gasteiger partial charge in [-0.25, -0.2) is 22.0 Å². The van der Waals surface area contributed by atoms with Crippen molar-refractivity contribution in [2.45, 2.75) is 11.1 Å². The van der Waals surface area contributed by atoms with Crippen molar-refractivity contribution in [3.8, 4) is 11.2 Å². The first-order valence-electron chi connectivity index (χ1n) is 3.92. The zero-order valence-corrected chi connectivity index (χ0v) is 8.75.